The molecule has 2 aromatic rings. The molecular weight excluding hydrogens is 765 g/mol. The van der Waals surface area contributed by atoms with Gasteiger partial charge < -0.3 is 29.7 Å². The number of amides is 4. The number of sulfonamides is 1. The van der Waals surface area contributed by atoms with Crippen LogP contribution < -0.4 is 24.8 Å². The summed E-state index contributed by atoms with van der Waals surface area (Å²) in [6, 6.07) is 3.10. The van der Waals surface area contributed by atoms with Crippen molar-refractivity contribution in [3.05, 3.63) is 42.1 Å². The molecule has 14 nitrogen and oxygen atoms in total. The number of allylic oxidation sites excluding steroid dienone is 1. The van der Waals surface area contributed by atoms with Crippen LogP contribution in [0.1, 0.15) is 85.1 Å². The van der Waals surface area contributed by atoms with Crippen molar-refractivity contribution in [1.29, 1.82) is 0 Å². The minimum Gasteiger partial charge on any atom is -0.492 e. The number of halogens is 2. The summed E-state index contributed by atoms with van der Waals surface area (Å²) in [6.45, 7) is 7.85. The Kier molecular flexibility index (Phi) is 10.7. The average molecular weight is 816 g/mol. The molecule has 57 heavy (non-hydrogen) atoms. The lowest BCUT2D eigenvalue weighted by Gasteiger charge is -2.33. The standard InChI is InChI=1S/C40H51F2N5O9S/c1-22-8-6-7-9-25-20-40(25,36(50)46-57(52,53)39(5)14-15-39)45-32(48)29-19-26(55-33-28-11-10-24-13-17-54-31(24)27(28)12-16-43-33)21-47(29)34(49)30(23(2)18-22)44-37(51)56-38(3,4)35(41)42/h7,9-12,16,22-23,25-26,29-30,35H,6,8,13-15,17-21H2,1-5H3,(H,44,51)(H,45,48)(H,46,50)/b9-7-/t22-,23+,25+,26+,29-,30-,40+/m0/s1. The fourth-order valence-corrected chi connectivity index (χ4v) is 9.48. The van der Waals surface area contributed by atoms with Gasteiger partial charge in [0.2, 0.25) is 27.7 Å². The number of rotatable bonds is 8. The van der Waals surface area contributed by atoms with Gasteiger partial charge in [-0.25, -0.2) is 27.0 Å². The van der Waals surface area contributed by atoms with Crippen LogP contribution in [0.25, 0.3) is 10.8 Å². The highest BCUT2D eigenvalue weighted by atomic mass is 32.2. The smallest absolute Gasteiger partial charge is 0.408 e. The first kappa shape index (κ1) is 40.6. The summed E-state index contributed by atoms with van der Waals surface area (Å²) in [5.74, 6) is -2.26. The van der Waals surface area contributed by atoms with E-state index >= 15 is 0 Å². The lowest BCUT2D eigenvalue weighted by molar-refractivity contribution is -0.142. The summed E-state index contributed by atoms with van der Waals surface area (Å²) in [6.07, 6.45) is 3.65. The van der Waals surface area contributed by atoms with Gasteiger partial charge in [0, 0.05) is 35.7 Å². The van der Waals surface area contributed by atoms with Gasteiger partial charge in [-0.2, -0.15) is 0 Å². The second-order valence-electron chi connectivity index (χ2n) is 17.2. The number of fused-ring (bicyclic) bond motifs is 5. The van der Waals surface area contributed by atoms with Crippen LogP contribution in [0.2, 0.25) is 0 Å². The van der Waals surface area contributed by atoms with Crippen molar-refractivity contribution >= 4 is 44.6 Å². The van der Waals surface area contributed by atoms with Gasteiger partial charge in [-0.15, -0.1) is 0 Å². The number of carbonyl (C=O) groups excluding carboxylic acids is 4. The van der Waals surface area contributed by atoms with Gasteiger partial charge in [0.1, 0.15) is 29.5 Å². The van der Waals surface area contributed by atoms with Crippen molar-refractivity contribution in [1.82, 2.24) is 25.2 Å². The number of hydrogen-bond donors (Lipinski definition) is 3. The first-order valence-corrected chi connectivity index (χ1v) is 21.2. The molecular formula is C40H51F2N5O9S. The third-order valence-electron chi connectivity index (χ3n) is 12.2. The molecule has 4 amide bonds. The van der Waals surface area contributed by atoms with E-state index in [0.717, 1.165) is 37.0 Å². The maximum absolute atomic E-state index is 14.8. The predicted octanol–water partition coefficient (Wildman–Crippen LogP) is 4.54. The Morgan fingerprint density at radius 2 is 1.88 bits per heavy atom. The van der Waals surface area contributed by atoms with E-state index < -0.39 is 86.2 Å². The number of ether oxygens (including phenoxy) is 3. The van der Waals surface area contributed by atoms with E-state index in [1.807, 2.05) is 37.3 Å². The van der Waals surface area contributed by atoms with Crippen molar-refractivity contribution in [2.24, 2.45) is 17.8 Å². The van der Waals surface area contributed by atoms with Gasteiger partial charge in [0.25, 0.3) is 12.3 Å². The Bertz CT molecular complexity index is 2090. The third-order valence-corrected chi connectivity index (χ3v) is 14.4. The molecule has 1 saturated heterocycles. The molecule has 0 radical (unpaired) electrons. The van der Waals surface area contributed by atoms with Gasteiger partial charge in [-0.05, 0) is 88.8 Å². The van der Waals surface area contributed by atoms with Crippen molar-refractivity contribution in [3.8, 4) is 11.6 Å². The van der Waals surface area contributed by atoms with E-state index in [0.29, 0.717) is 44.1 Å². The van der Waals surface area contributed by atoms with Crippen LogP contribution in [0, 0.1) is 17.8 Å². The number of alkyl halides is 2. The van der Waals surface area contributed by atoms with Crippen molar-refractivity contribution < 1.29 is 50.6 Å². The maximum atomic E-state index is 14.8. The summed E-state index contributed by atoms with van der Waals surface area (Å²) in [5, 5.41) is 6.84. The van der Waals surface area contributed by atoms with Gasteiger partial charge in [0.05, 0.1) is 17.9 Å². The zero-order valence-electron chi connectivity index (χ0n) is 32.8. The number of hydrogen-bond acceptors (Lipinski definition) is 10. The summed E-state index contributed by atoms with van der Waals surface area (Å²) in [4.78, 5) is 62.1. The van der Waals surface area contributed by atoms with E-state index in [9.17, 15) is 36.4 Å². The molecule has 2 aliphatic carbocycles. The van der Waals surface area contributed by atoms with E-state index in [1.165, 1.54) is 4.90 Å². The van der Waals surface area contributed by atoms with Crippen LogP contribution in [0.5, 0.6) is 11.6 Å². The number of alkyl carbamates (subject to hydrolysis) is 1. The van der Waals surface area contributed by atoms with Gasteiger partial charge in [-0.3, -0.25) is 19.1 Å². The zero-order valence-corrected chi connectivity index (χ0v) is 33.6. The predicted molar refractivity (Wildman–Crippen MR) is 204 cm³/mol. The molecule has 7 rings (SSSR count). The quantitative estimate of drug-likeness (QED) is 0.320. The molecule has 5 aliphatic rings. The Morgan fingerprint density at radius 1 is 1.12 bits per heavy atom. The van der Waals surface area contributed by atoms with E-state index in [4.69, 9.17) is 14.2 Å². The highest BCUT2D eigenvalue weighted by Gasteiger charge is 2.63. The SMILES string of the molecule is C[C@H]1CC/C=C\[C@@H]2C[C@@]2(C(=O)NS(=O)(=O)C2(C)CC2)NC(=O)[C@@H]2C[C@@H](Oc3nccc4c5c(ccc34)CCO5)CN2C(=O)[C@@H](NC(=O)OC(C)(C)C(F)F)[C@H](C)C1. The minimum absolute atomic E-state index is 0.0326. The number of aromatic nitrogens is 1. The fraction of sp³-hybridized carbons (Fsp3) is 0.625. The molecule has 4 heterocycles. The highest BCUT2D eigenvalue weighted by molar-refractivity contribution is 7.91. The van der Waals surface area contributed by atoms with Crippen LogP contribution in [0.4, 0.5) is 13.6 Å². The second-order valence-corrected chi connectivity index (χ2v) is 19.4. The number of benzene rings is 1. The van der Waals surface area contributed by atoms with Gasteiger partial charge in [-0.1, -0.05) is 32.1 Å². The molecule has 17 heteroatoms. The average Bonchev–Trinajstić information content (AvgIpc) is 3.92. The number of nitrogens with zero attached hydrogens (tertiary/aromatic N) is 2. The van der Waals surface area contributed by atoms with Crippen molar-refractivity contribution in [3.63, 3.8) is 0 Å². The molecule has 1 aromatic carbocycles. The molecule has 7 atom stereocenters. The molecule has 3 aliphatic heterocycles. The Balaban J connectivity index is 1.22. The van der Waals surface area contributed by atoms with E-state index in [1.54, 1.807) is 20.0 Å². The van der Waals surface area contributed by atoms with Gasteiger partial charge in [0.15, 0.2) is 5.60 Å². The van der Waals surface area contributed by atoms with E-state index in [-0.39, 0.29) is 31.2 Å². The molecule has 310 valence electrons. The molecule has 3 N–H and O–H groups in total. The van der Waals surface area contributed by atoms with Crippen LogP contribution in [-0.4, -0.2) is 95.8 Å². The van der Waals surface area contributed by atoms with Crippen LogP contribution in [0.15, 0.2) is 36.5 Å². The first-order chi connectivity index (χ1) is 26.8. The summed E-state index contributed by atoms with van der Waals surface area (Å²) < 4.78 is 72.4. The summed E-state index contributed by atoms with van der Waals surface area (Å²) in [7, 11) is -4.05. The molecule has 0 spiro atoms. The summed E-state index contributed by atoms with van der Waals surface area (Å²) in [5.41, 5.74) is -2.70. The Hall–Kier alpha value is -4.54. The summed E-state index contributed by atoms with van der Waals surface area (Å²) >= 11 is 0. The van der Waals surface area contributed by atoms with Crippen LogP contribution in [0.3, 0.4) is 0 Å². The zero-order chi connectivity index (χ0) is 41.1. The van der Waals surface area contributed by atoms with Crippen LogP contribution in [-0.2, 0) is 35.6 Å². The number of pyridine rings is 1. The lowest BCUT2D eigenvalue weighted by atomic mass is 9.88. The minimum atomic E-state index is -4.05. The first-order valence-electron chi connectivity index (χ1n) is 19.7. The third kappa shape index (κ3) is 8.00. The van der Waals surface area contributed by atoms with Gasteiger partial charge >= 0.3 is 6.09 Å². The fourth-order valence-electron chi connectivity index (χ4n) is 8.16. The molecule has 1 aromatic heterocycles. The van der Waals surface area contributed by atoms with Crippen molar-refractivity contribution in [2.45, 2.75) is 126 Å². The second kappa shape index (κ2) is 15.0. The molecule has 2 saturated carbocycles. The number of carbonyl (C=O) groups is 4. The Labute approximate surface area is 330 Å². The Morgan fingerprint density at radius 3 is 2.60 bits per heavy atom. The number of nitrogens with one attached hydrogen (secondary N) is 3. The van der Waals surface area contributed by atoms with E-state index in [2.05, 4.69) is 20.3 Å². The molecule has 0 unspecified atom stereocenters. The highest BCUT2D eigenvalue weighted by Crippen LogP contribution is 2.48. The topological polar surface area (TPSA) is 182 Å². The molecule has 0 bridgehead atoms. The normalized spacial score (nSPS) is 30.4. The van der Waals surface area contributed by atoms with Crippen LogP contribution >= 0.6 is 0 Å². The van der Waals surface area contributed by atoms with Crippen molar-refractivity contribution in [2.75, 3.05) is 13.2 Å². The lowest BCUT2D eigenvalue weighted by Crippen LogP contribution is -2.59. The monoisotopic (exact) mass is 815 g/mol. The molecule has 3 fully saturated rings. The maximum Gasteiger partial charge on any atom is 0.408 e. The largest absolute Gasteiger partial charge is 0.492 e.